The predicted octanol–water partition coefficient (Wildman–Crippen LogP) is 4.55. The normalized spacial score (nSPS) is 11.2. The van der Waals surface area contributed by atoms with Crippen molar-refractivity contribution in [1.82, 2.24) is 24.4 Å². The Morgan fingerprint density at radius 1 is 0.972 bits per heavy atom. The maximum Gasteiger partial charge on any atom is 0.416 e. The number of nitrogens with two attached hydrogens (primary N) is 1. The third kappa shape index (κ3) is 5.57. The lowest BCUT2D eigenvalue weighted by molar-refractivity contribution is -0.137. The number of benzene rings is 2. The zero-order chi connectivity index (χ0) is 25.7. The van der Waals surface area contributed by atoms with Gasteiger partial charge in [-0.2, -0.15) is 25.8 Å². The topological polar surface area (TPSA) is 91.6 Å². The highest BCUT2D eigenvalue weighted by Gasteiger charge is 2.29. The predicted molar refractivity (Wildman–Crippen MR) is 135 cm³/mol. The molecule has 184 valence electrons. The van der Waals surface area contributed by atoms with E-state index in [2.05, 4.69) is 27.8 Å². The van der Waals surface area contributed by atoms with Crippen LogP contribution in [0, 0.1) is 0 Å². The van der Waals surface area contributed by atoms with Gasteiger partial charge in [0, 0.05) is 23.4 Å². The van der Waals surface area contributed by atoms with E-state index in [-0.39, 0.29) is 12.1 Å². The molecule has 0 unspecified atom stereocenters. The van der Waals surface area contributed by atoms with Crippen LogP contribution in [-0.2, 0) is 18.5 Å². The van der Waals surface area contributed by atoms with Crippen LogP contribution in [0.4, 0.5) is 13.2 Å². The summed E-state index contributed by atoms with van der Waals surface area (Å²) in [5.41, 5.74) is 2.04. The molecular formula is C25H21F3N6OS. The third-order valence-corrected chi connectivity index (χ3v) is 5.70. The second-order valence-electron chi connectivity index (χ2n) is 7.74. The summed E-state index contributed by atoms with van der Waals surface area (Å²) in [6.07, 6.45) is -1.25. The second kappa shape index (κ2) is 10.6. The molecular weight excluding hydrogens is 489 g/mol. The standard InChI is InChI=1S/C18H14F3NOS.C7H7N5/c19-18(20,21)14-7-5-12(6-8-14)10-22-16-4-2-1-3-15(16)13(11-24)9-17(22)23;8-12-5-10-11-7(12)6-3-1-2-4-9-6/h1-9,24H,10-11H2;1-5H,8H2. The number of alkyl halides is 3. The number of rotatable bonds is 4. The lowest BCUT2D eigenvalue weighted by Crippen LogP contribution is -2.21. The van der Waals surface area contributed by atoms with Crippen molar-refractivity contribution in [2.75, 3.05) is 5.84 Å². The molecule has 0 fully saturated rings. The molecule has 0 aliphatic heterocycles. The smallest absolute Gasteiger partial charge is 0.336 e. The van der Waals surface area contributed by atoms with Crippen LogP contribution >= 0.6 is 12.6 Å². The molecule has 0 aliphatic carbocycles. The molecule has 0 aliphatic rings. The van der Waals surface area contributed by atoms with Gasteiger partial charge in [0.15, 0.2) is 0 Å². The van der Waals surface area contributed by atoms with E-state index in [9.17, 15) is 18.0 Å². The number of hydrogen-bond donors (Lipinski definition) is 2. The zero-order valence-corrected chi connectivity index (χ0v) is 19.7. The Kier molecular flexibility index (Phi) is 7.39. The molecule has 11 heteroatoms. The molecule has 3 aromatic heterocycles. The quantitative estimate of drug-likeness (QED) is 0.273. The maximum atomic E-state index is 12.6. The van der Waals surface area contributed by atoms with Crippen molar-refractivity contribution >= 4 is 23.5 Å². The molecule has 2 N–H and O–H groups in total. The van der Waals surface area contributed by atoms with Crippen molar-refractivity contribution < 1.29 is 13.2 Å². The summed E-state index contributed by atoms with van der Waals surface area (Å²) in [5.74, 6) is 6.53. The molecule has 2 aromatic carbocycles. The van der Waals surface area contributed by atoms with Gasteiger partial charge in [-0.05, 0) is 41.5 Å². The highest BCUT2D eigenvalue weighted by atomic mass is 32.1. The molecule has 0 amide bonds. The first-order chi connectivity index (χ1) is 17.3. The van der Waals surface area contributed by atoms with E-state index < -0.39 is 11.7 Å². The van der Waals surface area contributed by atoms with Crippen LogP contribution in [-0.4, -0.2) is 24.4 Å². The van der Waals surface area contributed by atoms with E-state index in [0.29, 0.717) is 17.1 Å². The van der Waals surface area contributed by atoms with Gasteiger partial charge in [-0.3, -0.25) is 9.78 Å². The van der Waals surface area contributed by atoms with Gasteiger partial charge in [0.05, 0.1) is 17.6 Å². The van der Waals surface area contributed by atoms with Crippen LogP contribution < -0.4 is 11.4 Å². The second-order valence-corrected chi connectivity index (χ2v) is 8.06. The molecule has 7 nitrogen and oxygen atoms in total. The lowest BCUT2D eigenvalue weighted by atomic mass is 10.1. The molecule has 0 saturated heterocycles. The van der Waals surface area contributed by atoms with Gasteiger partial charge in [0.25, 0.3) is 5.56 Å². The number of fused-ring (bicyclic) bond motifs is 1. The van der Waals surface area contributed by atoms with Gasteiger partial charge in [-0.25, -0.2) is 4.68 Å². The fourth-order valence-corrected chi connectivity index (χ4v) is 3.86. The minimum absolute atomic E-state index is 0.197. The highest BCUT2D eigenvalue weighted by Crippen LogP contribution is 2.29. The van der Waals surface area contributed by atoms with Crippen molar-refractivity contribution in [3.63, 3.8) is 0 Å². The first kappa shape index (κ1) is 25.0. The van der Waals surface area contributed by atoms with Crippen LogP contribution in [0.2, 0.25) is 0 Å². The summed E-state index contributed by atoms with van der Waals surface area (Å²) in [4.78, 5) is 16.5. The first-order valence-corrected chi connectivity index (χ1v) is 11.4. The van der Waals surface area contributed by atoms with Crippen molar-refractivity contribution in [2.45, 2.75) is 18.5 Å². The Bertz CT molecular complexity index is 1520. The van der Waals surface area contributed by atoms with Gasteiger partial charge in [-0.1, -0.05) is 36.4 Å². The Morgan fingerprint density at radius 2 is 1.69 bits per heavy atom. The minimum atomic E-state index is -4.36. The van der Waals surface area contributed by atoms with Gasteiger partial charge in [0.1, 0.15) is 12.0 Å². The largest absolute Gasteiger partial charge is 0.416 e. The summed E-state index contributed by atoms with van der Waals surface area (Å²) < 4.78 is 40.8. The van der Waals surface area contributed by atoms with Crippen LogP contribution in [0.5, 0.6) is 0 Å². The Labute approximate surface area is 209 Å². The van der Waals surface area contributed by atoms with Crippen molar-refractivity contribution in [1.29, 1.82) is 0 Å². The van der Waals surface area contributed by atoms with E-state index in [1.165, 1.54) is 29.2 Å². The lowest BCUT2D eigenvalue weighted by Gasteiger charge is -2.13. The van der Waals surface area contributed by atoms with Gasteiger partial charge in [-0.15, -0.1) is 10.2 Å². The number of thiol groups is 1. The average molecular weight is 511 g/mol. The van der Waals surface area contributed by atoms with E-state index in [1.807, 2.05) is 42.5 Å². The molecule has 0 saturated carbocycles. The fourth-order valence-electron chi connectivity index (χ4n) is 3.60. The highest BCUT2D eigenvalue weighted by molar-refractivity contribution is 7.79. The van der Waals surface area contributed by atoms with E-state index in [1.54, 1.807) is 10.8 Å². The molecule has 3 heterocycles. The molecule has 0 atom stereocenters. The number of hydrogen-bond acceptors (Lipinski definition) is 6. The zero-order valence-electron chi connectivity index (χ0n) is 18.8. The molecule has 0 radical (unpaired) electrons. The minimum Gasteiger partial charge on any atom is -0.336 e. The third-order valence-electron chi connectivity index (χ3n) is 5.36. The summed E-state index contributed by atoms with van der Waals surface area (Å²) in [6.45, 7) is 0.213. The number of halogens is 3. The maximum absolute atomic E-state index is 12.6. The van der Waals surface area contributed by atoms with Crippen LogP contribution in [0.15, 0.2) is 90.1 Å². The van der Waals surface area contributed by atoms with Crippen molar-refractivity contribution in [3.8, 4) is 11.5 Å². The van der Waals surface area contributed by atoms with E-state index in [0.717, 1.165) is 34.3 Å². The van der Waals surface area contributed by atoms with Gasteiger partial charge in [0.2, 0.25) is 5.82 Å². The number of nitrogens with zero attached hydrogens (tertiary/aromatic N) is 5. The number of para-hydroxylation sites is 1. The van der Waals surface area contributed by atoms with Crippen molar-refractivity contribution in [2.24, 2.45) is 0 Å². The van der Waals surface area contributed by atoms with Crippen molar-refractivity contribution in [3.05, 3.63) is 112 Å². The Hall–Kier alpha value is -4.12. The molecule has 36 heavy (non-hydrogen) atoms. The summed E-state index contributed by atoms with van der Waals surface area (Å²) in [7, 11) is 0. The monoisotopic (exact) mass is 510 g/mol. The van der Waals surface area contributed by atoms with Gasteiger partial charge >= 0.3 is 6.18 Å². The molecule has 5 aromatic rings. The van der Waals surface area contributed by atoms with Gasteiger partial charge < -0.3 is 10.4 Å². The van der Waals surface area contributed by atoms with Crippen LogP contribution in [0.1, 0.15) is 16.7 Å². The molecule has 0 bridgehead atoms. The first-order valence-electron chi connectivity index (χ1n) is 10.7. The van der Waals surface area contributed by atoms with Crippen LogP contribution in [0.3, 0.4) is 0 Å². The number of nitrogen functional groups attached to an aromatic ring is 1. The fraction of sp³-hybridized carbons (Fsp3) is 0.120. The molecule has 5 rings (SSSR count). The van der Waals surface area contributed by atoms with E-state index in [4.69, 9.17) is 5.84 Å². The number of pyridine rings is 2. The Morgan fingerprint density at radius 3 is 2.31 bits per heavy atom. The summed E-state index contributed by atoms with van der Waals surface area (Å²) >= 11 is 4.25. The summed E-state index contributed by atoms with van der Waals surface area (Å²) in [6, 6.07) is 19.4. The Balaban J connectivity index is 0.000000211. The SMILES string of the molecule is Nn1cnnc1-c1ccccn1.O=c1cc(CS)c2ccccc2n1Cc1ccc(C(F)(F)F)cc1. The summed E-state index contributed by atoms with van der Waals surface area (Å²) in [5, 5.41) is 8.37. The number of aromatic nitrogens is 5. The average Bonchev–Trinajstić information content (AvgIpc) is 3.32. The van der Waals surface area contributed by atoms with E-state index >= 15 is 0 Å². The molecule has 0 spiro atoms. The van der Waals surface area contributed by atoms with Crippen LogP contribution in [0.25, 0.3) is 22.4 Å².